The second kappa shape index (κ2) is 7.66. The normalized spacial score (nSPS) is 13.6. The molecule has 0 aromatic heterocycles. The molecule has 3 heteroatoms. The Bertz CT molecular complexity index is 197. The van der Waals surface area contributed by atoms with Crippen molar-refractivity contribution < 1.29 is 4.79 Å². The molecule has 0 aliphatic carbocycles. The van der Waals surface area contributed by atoms with Crippen molar-refractivity contribution in [2.75, 3.05) is 6.54 Å². The minimum absolute atomic E-state index is 0.120. The largest absolute Gasteiger partial charge is 0.351 e. The molecule has 16 heavy (non-hydrogen) atoms. The summed E-state index contributed by atoms with van der Waals surface area (Å²) >= 11 is 0. The molecule has 0 aliphatic rings. The molecule has 1 amide bonds. The van der Waals surface area contributed by atoms with E-state index in [0.717, 1.165) is 6.54 Å². The van der Waals surface area contributed by atoms with Crippen LogP contribution in [0.3, 0.4) is 0 Å². The maximum absolute atomic E-state index is 11.5. The third kappa shape index (κ3) is 9.97. The number of amides is 1. The van der Waals surface area contributed by atoms with Crippen molar-refractivity contribution in [1.82, 2.24) is 10.6 Å². The zero-order chi connectivity index (χ0) is 12.6. The third-order valence-electron chi connectivity index (χ3n) is 2.35. The van der Waals surface area contributed by atoms with E-state index in [1.807, 2.05) is 20.8 Å². The Labute approximate surface area is 100 Å². The lowest BCUT2D eigenvalue weighted by Crippen LogP contribution is -2.42. The van der Waals surface area contributed by atoms with E-state index in [-0.39, 0.29) is 11.4 Å². The van der Waals surface area contributed by atoms with Gasteiger partial charge in [-0.3, -0.25) is 4.79 Å². The van der Waals surface area contributed by atoms with Crippen LogP contribution in [0.15, 0.2) is 0 Å². The van der Waals surface area contributed by atoms with Crippen LogP contribution in [0.5, 0.6) is 0 Å². The van der Waals surface area contributed by atoms with Gasteiger partial charge in [0.15, 0.2) is 0 Å². The van der Waals surface area contributed by atoms with Crippen molar-refractivity contribution >= 4 is 5.91 Å². The fourth-order valence-electron chi connectivity index (χ4n) is 1.53. The molecule has 1 atom stereocenters. The zero-order valence-electron chi connectivity index (χ0n) is 11.5. The highest BCUT2D eigenvalue weighted by atomic mass is 16.1. The van der Waals surface area contributed by atoms with E-state index in [1.54, 1.807) is 0 Å². The van der Waals surface area contributed by atoms with Crippen LogP contribution in [0.2, 0.25) is 0 Å². The first-order chi connectivity index (χ1) is 7.35. The van der Waals surface area contributed by atoms with Crippen LogP contribution >= 0.6 is 0 Å². The Hall–Kier alpha value is -0.570. The molecule has 2 N–H and O–H groups in total. The molecule has 0 saturated carbocycles. The van der Waals surface area contributed by atoms with E-state index < -0.39 is 0 Å². The van der Waals surface area contributed by atoms with Crippen molar-refractivity contribution in [3.63, 3.8) is 0 Å². The van der Waals surface area contributed by atoms with E-state index in [9.17, 15) is 4.79 Å². The minimum Gasteiger partial charge on any atom is -0.351 e. The number of hydrogen-bond acceptors (Lipinski definition) is 2. The highest BCUT2D eigenvalue weighted by Gasteiger charge is 2.13. The van der Waals surface area contributed by atoms with Gasteiger partial charge < -0.3 is 10.6 Å². The summed E-state index contributed by atoms with van der Waals surface area (Å²) in [6, 6.07) is 0.516. The molecule has 0 bridgehead atoms. The van der Waals surface area contributed by atoms with Crippen LogP contribution in [-0.2, 0) is 4.79 Å². The van der Waals surface area contributed by atoms with Crippen LogP contribution in [-0.4, -0.2) is 24.0 Å². The average Bonchev–Trinajstić information content (AvgIpc) is 2.11. The quantitative estimate of drug-likeness (QED) is 0.703. The van der Waals surface area contributed by atoms with Gasteiger partial charge in [0, 0.05) is 24.5 Å². The number of carbonyl (C=O) groups is 1. The molecule has 3 nitrogen and oxygen atoms in total. The molecule has 0 rings (SSSR count). The first-order valence-corrected chi connectivity index (χ1v) is 6.39. The Morgan fingerprint density at radius 3 is 2.44 bits per heavy atom. The summed E-state index contributed by atoms with van der Waals surface area (Å²) in [6.07, 6.45) is 4.24. The van der Waals surface area contributed by atoms with Gasteiger partial charge in [-0.2, -0.15) is 0 Å². The standard InChI is InChI=1S/C13H28N2O/c1-6-7-8-11(2)14-10-9-12(16)15-13(3,4)5/h11,14H,6-10H2,1-5H3,(H,15,16). The van der Waals surface area contributed by atoms with Crippen LogP contribution in [0.4, 0.5) is 0 Å². The van der Waals surface area contributed by atoms with E-state index in [4.69, 9.17) is 0 Å². The van der Waals surface area contributed by atoms with Gasteiger partial charge in [0.05, 0.1) is 0 Å². The summed E-state index contributed by atoms with van der Waals surface area (Å²) < 4.78 is 0. The fourth-order valence-corrected chi connectivity index (χ4v) is 1.53. The highest BCUT2D eigenvalue weighted by Crippen LogP contribution is 2.00. The molecule has 0 aromatic carbocycles. The lowest BCUT2D eigenvalue weighted by molar-refractivity contribution is -0.122. The molecule has 0 aliphatic heterocycles. The Kier molecular flexibility index (Phi) is 7.39. The first kappa shape index (κ1) is 15.4. The summed E-state index contributed by atoms with van der Waals surface area (Å²) in [5.41, 5.74) is -0.120. The van der Waals surface area contributed by atoms with Crippen LogP contribution in [0.25, 0.3) is 0 Å². The summed E-state index contributed by atoms with van der Waals surface area (Å²) in [5, 5.41) is 6.33. The zero-order valence-corrected chi connectivity index (χ0v) is 11.5. The predicted octanol–water partition coefficient (Wildman–Crippen LogP) is 2.46. The summed E-state index contributed by atoms with van der Waals surface area (Å²) in [4.78, 5) is 11.5. The molecule has 0 heterocycles. The molecular formula is C13H28N2O. The van der Waals surface area contributed by atoms with Crippen molar-refractivity contribution in [3.8, 4) is 0 Å². The van der Waals surface area contributed by atoms with Crippen molar-refractivity contribution in [3.05, 3.63) is 0 Å². The lowest BCUT2D eigenvalue weighted by Gasteiger charge is -2.21. The smallest absolute Gasteiger partial charge is 0.221 e. The van der Waals surface area contributed by atoms with Crippen molar-refractivity contribution in [1.29, 1.82) is 0 Å². The van der Waals surface area contributed by atoms with Crippen LogP contribution in [0, 0.1) is 0 Å². The molecule has 0 fully saturated rings. The molecule has 96 valence electrons. The maximum Gasteiger partial charge on any atom is 0.221 e. The monoisotopic (exact) mass is 228 g/mol. The Balaban J connectivity index is 3.54. The molecule has 0 saturated heterocycles. The molecule has 0 aromatic rings. The van der Waals surface area contributed by atoms with Gasteiger partial charge in [-0.25, -0.2) is 0 Å². The average molecular weight is 228 g/mol. The van der Waals surface area contributed by atoms with Gasteiger partial charge in [-0.1, -0.05) is 19.8 Å². The van der Waals surface area contributed by atoms with Gasteiger partial charge >= 0.3 is 0 Å². The fraction of sp³-hybridized carbons (Fsp3) is 0.923. The van der Waals surface area contributed by atoms with Crippen LogP contribution in [0.1, 0.15) is 60.3 Å². The number of rotatable bonds is 7. The number of nitrogens with one attached hydrogen (secondary N) is 2. The van der Waals surface area contributed by atoms with Crippen molar-refractivity contribution in [2.24, 2.45) is 0 Å². The lowest BCUT2D eigenvalue weighted by atomic mass is 10.1. The Morgan fingerprint density at radius 1 is 1.31 bits per heavy atom. The number of carbonyl (C=O) groups excluding carboxylic acids is 1. The summed E-state index contributed by atoms with van der Waals surface area (Å²) in [7, 11) is 0. The van der Waals surface area contributed by atoms with E-state index >= 15 is 0 Å². The molecule has 0 radical (unpaired) electrons. The van der Waals surface area contributed by atoms with Gasteiger partial charge in [-0.15, -0.1) is 0 Å². The maximum atomic E-state index is 11.5. The second-order valence-corrected chi connectivity index (χ2v) is 5.55. The van der Waals surface area contributed by atoms with E-state index in [2.05, 4.69) is 24.5 Å². The summed E-state index contributed by atoms with van der Waals surface area (Å²) in [5.74, 6) is 0.127. The number of unbranched alkanes of at least 4 members (excludes halogenated alkanes) is 1. The topological polar surface area (TPSA) is 41.1 Å². The summed E-state index contributed by atoms with van der Waals surface area (Å²) in [6.45, 7) is 11.2. The third-order valence-corrected chi connectivity index (χ3v) is 2.35. The van der Waals surface area contributed by atoms with Gasteiger partial charge in [0.1, 0.15) is 0 Å². The van der Waals surface area contributed by atoms with Crippen LogP contribution < -0.4 is 10.6 Å². The highest BCUT2D eigenvalue weighted by molar-refractivity contribution is 5.76. The SMILES string of the molecule is CCCCC(C)NCCC(=O)NC(C)(C)C. The predicted molar refractivity (Wildman–Crippen MR) is 69.5 cm³/mol. The molecule has 1 unspecified atom stereocenters. The molecule has 0 spiro atoms. The second-order valence-electron chi connectivity index (χ2n) is 5.55. The first-order valence-electron chi connectivity index (χ1n) is 6.39. The van der Waals surface area contributed by atoms with Gasteiger partial charge in [0.25, 0.3) is 0 Å². The van der Waals surface area contributed by atoms with E-state index in [1.165, 1.54) is 19.3 Å². The number of hydrogen-bond donors (Lipinski definition) is 2. The van der Waals surface area contributed by atoms with Gasteiger partial charge in [-0.05, 0) is 34.1 Å². The van der Waals surface area contributed by atoms with E-state index in [0.29, 0.717) is 12.5 Å². The van der Waals surface area contributed by atoms with Gasteiger partial charge in [0.2, 0.25) is 5.91 Å². The molecular weight excluding hydrogens is 200 g/mol. The minimum atomic E-state index is -0.120. The Morgan fingerprint density at radius 2 is 1.94 bits per heavy atom. The van der Waals surface area contributed by atoms with Crippen molar-refractivity contribution in [2.45, 2.75) is 71.9 Å².